The third-order valence-electron chi connectivity index (χ3n) is 7.96. The Hall–Kier alpha value is -6.26. The van der Waals surface area contributed by atoms with Crippen LogP contribution >= 0.6 is 11.8 Å². The molecule has 0 aromatic heterocycles. The fourth-order valence-electron chi connectivity index (χ4n) is 5.40. The first-order valence-corrected chi connectivity index (χ1v) is 16.7. The number of benzene rings is 5. The van der Waals surface area contributed by atoms with E-state index in [2.05, 4.69) is 16.0 Å². The second-order valence-corrected chi connectivity index (χ2v) is 12.7. The van der Waals surface area contributed by atoms with Crippen LogP contribution < -0.4 is 20.9 Å². The number of rotatable bonds is 10. The fraction of sp³-hybridized carbons (Fsp3) is 0.0750. The van der Waals surface area contributed by atoms with Crippen LogP contribution in [0.1, 0.15) is 47.8 Å². The van der Waals surface area contributed by atoms with Gasteiger partial charge in [-0.2, -0.15) is 0 Å². The number of thioether (sulfide) groups is 1. The molecule has 0 spiro atoms. The molecule has 5 aromatic rings. The van der Waals surface area contributed by atoms with Crippen LogP contribution in [-0.4, -0.2) is 49.1 Å². The van der Waals surface area contributed by atoms with Crippen molar-refractivity contribution in [2.75, 3.05) is 35.4 Å². The van der Waals surface area contributed by atoms with Gasteiger partial charge in [-0.3, -0.25) is 24.0 Å². The molecule has 6 rings (SSSR count). The predicted octanol–water partition coefficient (Wildman–Crippen LogP) is 6.67. The molecular formula is C40H32N4O5S. The molecule has 3 amide bonds. The van der Waals surface area contributed by atoms with Gasteiger partial charge in [-0.15, -0.1) is 11.8 Å². The number of hydrogen-bond donors (Lipinski definition) is 3. The molecule has 0 unspecified atom stereocenters. The van der Waals surface area contributed by atoms with Gasteiger partial charge < -0.3 is 20.9 Å². The van der Waals surface area contributed by atoms with Gasteiger partial charge in [-0.05, 0) is 66.2 Å². The highest BCUT2D eigenvalue weighted by molar-refractivity contribution is 8.00. The summed E-state index contributed by atoms with van der Waals surface area (Å²) in [6.45, 7) is 0. The Morgan fingerprint density at radius 2 is 1.32 bits per heavy atom. The lowest BCUT2D eigenvalue weighted by molar-refractivity contribution is -0.114. The Labute approximate surface area is 293 Å². The Morgan fingerprint density at radius 1 is 0.680 bits per heavy atom. The van der Waals surface area contributed by atoms with E-state index in [0.717, 1.165) is 16.1 Å². The Kier molecular flexibility index (Phi) is 10.0. The minimum atomic E-state index is -0.507. The highest BCUT2D eigenvalue weighted by Gasteiger charge is 2.31. The molecule has 248 valence electrons. The van der Waals surface area contributed by atoms with Crippen molar-refractivity contribution in [3.8, 4) is 0 Å². The number of amides is 3. The van der Waals surface area contributed by atoms with E-state index in [-0.39, 0.29) is 45.7 Å². The van der Waals surface area contributed by atoms with Crippen LogP contribution in [0, 0.1) is 0 Å². The summed E-state index contributed by atoms with van der Waals surface area (Å²) in [6.07, 6.45) is 1.62. The number of carbonyl (C=O) groups is 5. The van der Waals surface area contributed by atoms with E-state index in [1.165, 1.54) is 11.8 Å². The summed E-state index contributed by atoms with van der Waals surface area (Å²) in [5.74, 6) is -1.79. The average Bonchev–Trinajstić information content (AvgIpc) is 3.13. The van der Waals surface area contributed by atoms with Gasteiger partial charge in [0.05, 0.1) is 17.0 Å². The van der Waals surface area contributed by atoms with Crippen molar-refractivity contribution in [3.63, 3.8) is 0 Å². The van der Waals surface area contributed by atoms with Gasteiger partial charge >= 0.3 is 0 Å². The van der Waals surface area contributed by atoms with Crippen molar-refractivity contribution in [1.82, 2.24) is 5.32 Å². The maximum atomic E-state index is 13.4. The molecule has 0 radical (unpaired) electrons. The molecule has 0 bridgehead atoms. The van der Waals surface area contributed by atoms with Gasteiger partial charge in [0.1, 0.15) is 5.70 Å². The first-order valence-electron chi connectivity index (χ1n) is 15.7. The second kappa shape index (κ2) is 14.9. The molecule has 0 saturated carbocycles. The average molecular weight is 681 g/mol. The zero-order valence-corrected chi connectivity index (χ0v) is 28.0. The highest BCUT2D eigenvalue weighted by Crippen LogP contribution is 2.32. The highest BCUT2D eigenvalue weighted by atomic mass is 32.2. The van der Waals surface area contributed by atoms with E-state index < -0.39 is 11.8 Å². The van der Waals surface area contributed by atoms with E-state index in [9.17, 15) is 24.0 Å². The first kappa shape index (κ1) is 33.6. The second-order valence-electron chi connectivity index (χ2n) is 11.6. The smallest absolute Gasteiger partial charge is 0.272 e. The molecule has 0 heterocycles. The van der Waals surface area contributed by atoms with E-state index in [1.807, 2.05) is 43.3 Å². The fourth-order valence-corrected chi connectivity index (χ4v) is 6.09. The van der Waals surface area contributed by atoms with E-state index in [4.69, 9.17) is 0 Å². The summed E-state index contributed by atoms with van der Waals surface area (Å²) >= 11 is 1.27. The van der Waals surface area contributed by atoms with Crippen molar-refractivity contribution < 1.29 is 24.0 Å². The molecule has 10 heteroatoms. The zero-order valence-electron chi connectivity index (χ0n) is 27.2. The van der Waals surface area contributed by atoms with Crippen molar-refractivity contribution in [2.24, 2.45) is 0 Å². The minimum absolute atomic E-state index is 0.0408. The number of anilines is 3. The molecule has 50 heavy (non-hydrogen) atoms. The van der Waals surface area contributed by atoms with Crippen molar-refractivity contribution in [2.45, 2.75) is 4.90 Å². The molecule has 3 N–H and O–H groups in total. The van der Waals surface area contributed by atoms with E-state index in [0.29, 0.717) is 22.4 Å². The van der Waals surface area contributed by atoms with E-state index in [1.54, 1.807) is 103 Å². The molecule has 0 aliphatic heterocycles. The van der Waals surface area contributed by atoms with Gasteiger partial charge in [0.25, 0.3) is 11.8 Å². The van der Waals surface area contributed by atoms with Crippen LogP contribution in [-0.2, 0) is 9.59 Å². The van der Waals surface area contributed by atoms with Crippen molar-refractivity contribution in [1.29, 1.82) is 0 Å². The number of nitrogens with one attached hydrogen (secondary N) is 3. The summed E-state index contributed by atoms with van der Waals surface area (Å²) in [7, 11) is 3.87. The number of carbonyl (C=O) groups excluding carboxylic acids is 5. The Bertz CT molecular complexity index is 2140. The van der Waals surface area contributed by atoms with Crippen molar-refractivity contribution in [3.05, 3.63) is 160 Å². The molecular weight excluding hydrogens is 649 g/mol. The Balaban J connectivity index is 1.10. The molecule has 9 nitrogen and oxygen atoms in total. The van der Waals surface area contributed by atoms with Crippen LogP contribution in [0.15, 0.2) is 132 Å². The summed E-state index contributed by atoms with van der Waals surface area (Å²) in [4.78, 5) is 68.4. The summed E-state index contributed by atoms with van der Waals surface area (Å²) in [5.41, 5.74) is 4.10. The normalized spacial score (nSPS) is 12.0. The summed E-state index contributed by atoms with van der Waals surface area (Å²) in [6, 6.07) is 34.7. The van der Waals surface area contributed by atoms with Gasteiger partial charge in [0.15, 0.2) is 11.6 Å². The third kappa shape index (κ3) is 7.56. The number of hydrogen-bond acceptors (Lipinski definition) is 7. The molecule has 1 aliphatic rings. The molecule has 0 fully saturated rings. The van der Waals surface area contributed by atoms with Crippen LogP contribution in [0.25, 0.3) is 6.08 Å². The topological polar surface area (TPSA) is 125 Å². The van der Waals surface area contributed by atoms with Crippen molar-refractivity contribution >= 4 is 64.2 Å². The first-order chi connectivity index (χ1) is 24.2. The molecule has 1 aliphatic carbocycles. The van der Waals surface area contributed by atoms with Gasteiger partial charge in [0, 0.05) is 52.6 Å². The maximum absolute atomic E-state index is 13.4. The number of ketones is 2. The lowest BCUT2D eigenvalue weighted by atomic mass is 9.83. The van der Waals surface area contributed by atoms with Crippen LogP contribution in [0.5, 0.6) is 0 Å². The standard InChI is InChI=1S/C40H32N4O5S/c1-44(2)28-19-15-25(16-20-28)23-34(43-39(48)26-9-4-3-5-10-26)40(49)41-27-17-21-29(22-18-27)50-24-35(45)42-33-14-8-13-32-36(33)38(47)31-12-7-6-11-30(31)37(32)46/h3-23H,24H2,1-2H3,(H,41,49)(H,42,45)(H,43,48)/b34-23-. The maximum Gasteiger partial charge on any atom is 0.272 e. The molecule has 0 atom stereocenters. The lowest BCUT2D eigenvalue weighted by Gasteiger charge is -2.20. The SMILES string of the molecule is CN(C)c1ccc(/C=C(\NC(=O)c2ccccc2)C(=O)Nc2ccc(SCC(=O)Nc3cccc4c3C(=O)c3ccccc3C4=O)cc2)cc1. The van der Waals surface area contributed by atoms with Crippen LogP contribution in [0.2, 0.25) is 0 Å². The molecule has 0 saturated heterocycles. The quantitative estimate of drug-likeness (QED) is 0.109. The lowest BCUT2D eigenvalue weighted by Crippen LogP contribution is -2.30. The zero-order chi connectivity index (χ0) is 35.2. The number of nitrogens with zero attached hydrogens (tertiary/aromatic N) is 1. The monoisotopic (exact) mass is 680 g/mol. The Morgan fingerprint density at radius 3 is 2.00 bits per heavy atom. The largest absolute Gasteiger partial charge is 0.378 e. The number of fused-ring (bicyclic) bond motifs is 2. The van der Waals surface area contributed by atoms with Gasteiger partial charge in [0.2, 0.25) is 5.91 Å². The predicted molar refractivity (Wildman–Crippen MR) is 197 cm³/mol. The van der Waals surface area contributed by atoms with Gasteiger partial charge in [-0.1, -0.05) is 66.7 Å². The molecule has 5 aromatic carbocycles. The van der Waals surface area contributed by atoms with Crippen LogP contribution in [0.3, 0.4) is 0 Å². The van der Waals surface area contributed by atoms with Gasteiger partial charge in [-0.25, -0.2) is 0 Å². The third-order valence-corrected chi connectivity index (χ3v) is 8.97. The summed E-state index contributed by atoms with van der Waals surface area (Å²) in [5, 5.41) is 8.38. The minimum Gasteiger partial charge on any atom is -0.378 e. The summed E-state index contributed by atoms with van der Waals surface area (Å²) < 4.78 is 0. The van der Waals surface area contributed by atoms with Crippen LogP contribution in [0.4, 0.5) is 17.1 Å². The van der Waals surface area contributed by atoms with E-state index >= 15 is 0 Å².